The Morgan fingerprint density at radius 2 is 1.82 bits per heavy atom. The average Bonchev–Trinajstić information content (AvgIpc) is 3.54. The van der Waals surface area contributed by atoms with Gasteiger partial charge in [0.05, 0.1) is 6.26 Å². The molecule has 4 rings (SSSR count). The van der Waals surface area contributed by atoms with Gasteiger partial charge in [-0.15, -0.1) is 0 Å². The lowest BCUT2D eigenvalue weighted by atomic mass is 10.1. The van der Waals surface area contributed by atoms with E-state index in [0.717, 1.165) is 24.4 Å². The summed E-state index contributed by atoms with van der Waals surface area (Å²) in [5, 5.41) is 6.50. The molecule has 3 N–H and O–H groups in total. The highest BCUT2D eigenvalue weighted by Gasteiger charge is 2.38. The highest BCUT2D eigenvalue weighted by atomic mass is 32.2. The summed E-state index contributed by atoms with van der Waals surface area (Å²) in [7, 11) is -3.38. The van der Waals surface area contributed by atoms with E-state index in [9.17, 15) is 13.2 Å². The average molecular weight is 400 g/mol. The van der Waals surface area contributed by atoms with Gasteiger partial charge in [-0.3, -0.25) is 9.52 Å². The van der Waals surface area contributed by atoms with Gasteiger partial charge in [-0.1, -0.05) is 18.2 Å². The lowest BCUT2D eigenvalue weighted by Gasteiger charge is -2.09. The van der Waals surface area contributed by atoms with E-state index in [1.807, 2.05) is 12.1 Å². The van der Waals surface area contributed by atoms with Crippen molar-refractivity contribution in [3.05, 3.63) is 59.7 Å². The molecule has 0 unspecified atom stereocenters. The minimum atomic E-state index is -3.38. The number of sulfonamides is 1. The zero-order valence-corrected chi connectivity index (χ0v) is 16.6. The first-order valence-corrected chi connectivity index (χ1v) is 11.5. The summed E-state index contributed by atoms with van der Waals surface area (Å²) in [6.07, 6.45) is 4.99. The molecule has 0 spiro atoms. The number of rotatable bonds is 8. The second kappa shape index (κ2) is 7.56. The van der Waals surface area contributed by atoms with Crippen LogP contribution in [0.2, 0.25) is 0 Å². The van der Waals surface area contributed by atoms with Gasteiger partial charge in [0.15, 0.2) is 0 Å². The van der Waals surface area contributed by atoms with Crippen molar-refractivity contribution in [2.75, 3.05) is 22.8 Å². The van der Waals surface area contributed by atoms with Crippen molar-refractivity contribution in [2.45, 2.75) is 31.2 Å². The van der Waals surface area contributed by atoms with Gasteiger partial charge in [-0.25, -0.2) is 8.42 Å². The molecule has 2 aliphatic carbocycles. The Kier molecular flexibility index (Phi) is 5.12. The normalized spacial score (nSPS) is 21.2. The van der Waals surface area contributed by atoms with Crippen LogP contribution in [0.15, 0.2) is 48.5 Å². The molecule has 2 aliphatic rings. The number of carbonyl (C=O) groups excluding carboxylic acids is 1. The Hall–Kier alpha value is -2.38. The first-order valence-electron chi connectivity index (χ1n) is 9.60. The molecule has 2 atom stereocenters. The molecular formula is C21H25N3O3S. The highest BCUT2D eigenvalue weighted by Crippen LogP contribution is 2.41. The van der Waals surface area contributed by atoms with Crippen LogP contribution in [0.1, 0.15) is 41.1 Å². The molecule has 2 saturated carbocycles. The fourth-order valence-electron chi connectivity index (χ4n) is 3.38. The van der Waals surface area contributed by atoms with Crippen LogP contribution < -0.4 is 15.4 Å². The van der Waals surface area contributed by atoms with E-state index in [4.69, 9.17) is 0 Å². The molecule has 148 valence electrons. The number of amides is 1. The summed E-state index contributed by atoms with van der Waals surface area (Å²) < 4.78 is 25.1. The number of benzene rings is 2. The summed E-state index contributed by atoms with van der Waals surface area (Å²) >= 11 is 0. The van der Waals surface area contributed by atoms with Crippen LogP contribution in [0, 0.1) is 5.92 Å². The molecule has 1 amide bonds. The Labute approximate surface area is 165 Å². The molecule has 6 nitrogen and oxygen atoms in total. The summed E-state index contributed by atoms with van der Waals surface area (Å²) in [5.74, 6) is 1.19. The molecule has 0 bridgehead atoms. The number of anilines is 2. The molecule has 0 radical (unpaired) electrons. The third-order valence-corrected chi connectivity index (χ3v) is 5.79. The lowest BCUT2D eigenvalue weighted by molar-refractivity contribution is 0.102. The fraction of sp³-hybridized carbons (Fsp3) is 0.381. The molecule has 2 aromatic carbocycles. The molecule has 0 saturated heterocycles. The first kappa shape index (κ1) is 19.0. The topological polar surface area (TPSA) is 87.3 Å². The smallest absolute Gasteiger partial charge is 0.255 e. The second-order valence-electron chi connectivity index (χ2n) is 7.83. The van der Waals surface area contributed by atoms with Crippen LogP contribution in [0.5, 0.6) is 0 Å². The first-order chi connectivity index (χ1) is 13.4. The van der Waals surface area contributed by atoms with Crippen LogP contribution in [0.3, 0.4) is 0 Å². The quantitative estimate of drug-likeness (QED) is 0.636. The SMILES string of the molecule is CS(=O)(=O)Nc1cccc(C(=O)Nc2ccc([C@@H]3C[C@H]3NCC3CC3)cc2)c1. The van der Waals surface area contributed by atoms with E-state index in [-0.39, 0.29) is 5.91 Å². The van der Waals surface area contributed by atoms with Crippen LogP contribution in [0.25, 0.3) is 0 Å². The highest BCUT2D eigenvalue weighted by molar-refractivity contribution is 7.92. The standard InChI is InChI=1S/C21H25N3O3S/c1-28(26,27)24-18-4-2-3-16(11-18)21(25)23-17-9-7-15(8-10-17)19-12-20(19)22-13-14-5-6-14/h2-4,7-11,14,19-20,22,24H,5-6,12-13H2,1H3,(H,23,25)/t19-,20+/m0/s1. The lowest BCUT2D eigenvalue weighted by Crippen LogP contribution is -2.20. The Morgan fingerprint density at radius 3 is 2.50 bits per heavy atom. The van der Waals surface area contributed by atoms with Gasteiger partial charge in [-0.2, -0.15) is 0 Å². The van der Waals surface area contributed by atoms with Gasteiger partial charge >= 0.3 is 0 Å². The maximum Gasteiger partial charge on any atom is 0.255 e. The van der Waals surface area contributed by atoms with E-state index in [1.54, 1.807) is 18.2 Å². The zero-order valence-electron chi connectivity index (χ0n) is 15.8. The van der Waals surface area contributed by atoms with Crippen LogP contribution in [-0.2, 0) is 10.0 Å². The largest absolute Gasteiger partial charge is 0.322 e. The summed E-state index contributed by atoms with van der Waals surface area (Å²) in [6.45, 7) is 1.14. The number of nitrogens with one attached hydrogen (secondary N) is 3. The fourth-order valence-corrected chi connectivity index (χ4v) is 3.94. The molecule has 0 heterocycles. The Morgan fingerprint density at radius 1 is 1.07 bits per heavy atom. The summed E-state index contributed by atoms with van der Waals surface area (Å²) in [4.78, 5) is 12.5. The zero-order chi connectivity index (χ0) is 19.7. The third-order valence-electron chi connectivity index (χ3n) is 5.18. The van der Waals surface area contributed by atoms with Crippen molar-refractivity contribution in [1.82, 2.24) is 5.32 Å². The van der Waals surface area contributed by atoms with Crippen molar-refractivity contribution in [3.63, 3.8) is 0 Å². The molecule has 2 aromatic rings. The van der Waals surface area contributed by atoms with E-state index in [2.05, 4.69) is 27.5 Å². The molecule has 7 heteroatoms. The third kappa shape index (κ3) is 5.11. The number of hydrogen-bond acceptors (Lipinski definition) is 4. The second-order valence-corrected chi connectivity index (χ2v) is 9.58. The Bertz CT molecular complexity index is 969. The van der Waals surface area contributed by atoms with Crippen LogP contribution >= 0.6 is 0 Å². The molecular weight excluding hydrogens is 374 g/mol. The van der Waals surface area contributed by atoms with Crippen LogP contribution in [-0.4, -0.2) is 33.2 Å². The number of carbonyl (C=O) groups is 1. The van der Waals surface area contributed by atoms with E-state index >= 15 is 0 Å². The van der Waals surface area contributed by atoms with Crippen molar-refractivity contribution in [1.29, 1.82) is 0 Å². The van der Waals surface area contributed by atoms with Gasteiger partial charge in [0.1, 0.15) is 0 Å². The molecule has 2 fully saturated rings. The molecule has 0 aromatic heterocycles. The van der Waals surface area contributed by atoms with Gasteiger partial charge in [-0.05, 0) is 67.6 Å². The predicted octanol–water partition coefficient (Wildman–Crippen LogP) is 3.17. The minimum absolute atomic E-state index is 0.278. The van der Waals surface area contributed by atoms with Gasteiger partial charge in [0.2, 0.25) is 10.0 Å². The van der Waals surface area contributed by atoms with E-state index in [1.165, 1.54) is 30.9 Å². The van der Waals surface area contributed by atoms with Crippen molar-refractivity contribution >= 4 is 27.3 Å². The van der Waals surface area contributed by atoms with Gasteiger partial charge in [0, 0.05) is 28.9 Å². The van der Waals surface area contributed by atoms with Crippen LogP contribution in [0.4, 0.5) is 11.4 Å². The molecule has 0 aliphatic heterocycles. The maximum atomic E-state index is 12.5. The van der Waals surface area contributed by atoms with Gasteiger partial charge < -0.3 is 10.6 Å². The summed E-state index contributed by atoms with van der Waals surface area (Å²) in [6, 6.07) is 15.0. The number of hydrogen-bond donors (Lipinski definition) is 3. The van der Waals surface area contributed by atoms with Crippen molar-refractivity contribution in [3.8, 4) is 0 Å². The predicted molar refractivity (Wildman–Crippen MR) is 111 cm³/mol. The minimum Gasteiger partial charge on any atom is -0.322 e. The molecule has 28 heavy (non-hydrogen) atoms. The summed E-state index contributed by atoms with van der Waals surface area (Å²) in [5.41, 5.74) is 2.78. The Balaban J connectivity index is 1.34. The van der Waals surface area contributed by atoms with Crippen molar-refractivity contribution < 1.29 is 13.2 Å². The van der Waals surface area contributed by atoms with E-state index in [0.29, 0.717) is 23.2 Å². The van der Waals surface area contributed by atoms with E-state index < -0.39 is 10.0 Å². The monoisotopic (exact) mass is 399 g/mol. The van der Waals surface area contributed by atoms with Crippen molar-refractivity contribution in [2.24, 2.45) is 5.92 Å². The van der Waals surface area contributed by atoms with Gasteiger partial charge in [0.25, 0.3) is 5.91 Å². The maximum absolute atomic E-state index is 12.5.